The summed E-state index contributed by atoms with van der Waals surface area (Å²) < 4.78 is 147. The first kappa shape index (κ1) is 25.6. The van der Waals surface area contributed by atoms with Crippen molar-refractivity contribution in [3.8, 4) is 17.2 Å². The first-order chi connectivity index (χ1) is 12.8. The summed E-state index contributed by atoms with van der Waals surface area (Å²) in [4.78, 5) is 0. The van der Waals surface area contributed by atoms with Crippen LogP contribution < -0.4 is 39.0 Å². The Morgan fingerprint density at radius 2 is 1.14 bits per heavy atom. The predicted octanol–water partition coefficient (Wildman–Crippen LogP) is 1.62. The van der Waals surface area contributed by atoms with Gasteiger partial charge in [0.05, 0.1) is 0 Å². The van der Waals surface area contributed by atoms with Crippen molar-refractivity contribution in [2.24, 2.45) is 0 Å². The molecule has 0 bridgehead atoms. The number of ether oxygens (including phenoxy) is 2. The van der Waals surface area contributed by atoms with Crippen molar-refractivity contribution >= 4 is 11.1 Å². The molecule has 29 heavy (non-hydrogen) atoms. The molecule has 0 fully saturated rings. The maximum atomic E-state index is 13.5. The van der Waals surface area contributed by atoms with Gasteiger partial charge in [-0.25, -0.2) is 13.2 Å². The van der Waals surface area contributed by atoms with Crippen LogP contribution in [0.3, 0.4) is 0 Å². The molecule has 4 nitrogen and oxygen atoms in total. The van der Waals surface area contributed by atoms with Crippen LogP contribution in [0.1, 0.15) is 0 Å². The normalized spacial score (nSPS) is 12.9. The van der Waals surface area contributed by atoms with Crippen LogP contribution in [0.5, 0.6) is 17.2 Å². The van der Waals surface area contributed by atoms with E-state index < -0.39 is 68.8 Å². The minimum atomic E-state index is -5.59. The topological polar surface area (TPSA) is 58.6 Å². The molecule has 2 rings (SSSR count). The maximum absolute atomic E-state index is 13.5. The van der Waals surface area contributed by atoms with Gasteiger partial charge in [-0.15, -0.1) is 0 Å². The molecule has 154 valence electrons. The molecular formula is C14H4F9NaO4S. The SMILES string of the molecule is O=S([O-])C(F)(F)C(F)(F)Oc1ccc(Oc2c(F)c(F)c(F)c(F)c2F)cc1.[Na+]. The van der Waals surface area contributed by atoms with Gasteiger partial charge < -0.3 is 14.0 Å². The van der Waals surface area contributed by atoms with Gasteiger partial charge in [0.25, 0.3) is 0 Å². The smallest absolute Gasteiger partial charge is 0.768 e. The van der Waals surface area contributed by atoms with Gasteiger partial charge in [0, 0.05) is 11.1 Å². The number of alkyl halides is 4. The molecule has 0 heterocycles. The molecule has 0 radical (unpaired) electrons. The van der Waals surface area contributed by atoms with Crippen LogP contribution in [-0.2, 0) is 11.1 Å². The Morgan fingerprint density at radius 1 is 0.759 bits per heavy atom. The Bertz CT molecular complexity index is 895. The molecule has 0 aliphatic heterocycles. The second kappa shape index (κ2) is 9.12. The van der Waals surface area contributed by atoms with Crippen LogP contribution in [0.2, 0.25) is 0 Å². The number of benzene rings is 2. The first-order valence-electron chi connectivity index (χ1n) is 6.63. The molecule has 0 spiro atoms. The average molecular weight is 462 g/mol. The summed E-state index contributed by atoms with van der Waals surface area (Å²) in [7, 11) is 0. The Hall–Kier alpha value is -1.48. The van der Waals surface area contributed by atoms with E-state index in [1.54, 1.807) is 0 Å². The molecule has 0 aromatic heterocycles. The quantitative estimate of drug-likeness (QED) is 0.215. The van der Waals surface area contributed by atoms with Crippen LogP contribution in [0.4, 0.5) is 39.5 Å². The minimum Gasteiger partial charge on any atom is -0.768 e. The zero-order chi connectivity index (χ0) is 21.4. The van der Waals surface area contributed by atoms with Crippen molar-refractivity contribution in [2.45, 2.75) is 11.4 Å². The van der Waals surface area contributed by atoms with E-state index in [0.29, 0.717) is 24.3 Å². The average Bonchev–Trinajstić information content (AvgIpc) is 2.62. The third-order valence-corrected chi connectivity index (χ3v) is 3.66. The number of hydrogen-bond donors (Lipinski definition) is 0. The van der Waals surface area contributed by atoms with Gasteiger partial charge >= 0.3 is 40.9 Å². The van der Waals surface area contributed by atoms with Crippen LogP contribution >= 0.6 is 0 Å². The molecule has 2 aromatic rings. The maximum Gasteiger partial charge on any atom is 1.00 e. The van der Waals surface area contributed by atoms with Crippen LogP contribution in [0, 0.1) is 29.1 Å². The fraction of sp³-hybridized carbons (Fsp3) is 0.143. The monoisotopic (exact) mass is 462 g/mol. The minimum absolute atomic E-state index is 0. The van der Waals surface area contributed by atoms with Crippen LogP contribution in [0.25, 0.3) is 0 Å². The van der Waals surface area contributed by atoms with E-state index in [-0.39, 0.29) is 29.6 Å². The van der Waals surface area contributed by atoms with Crippen molar-refractivity contribution in [2.75, 3.05) is 0 Å². The van der Waals surface area contributed by atoms with E-state index in [1.165, 1.54) is 0 Å². The molecule has 15 heteroatoms. The molecule has 2 aromatic carbocycles. The summed E-state index contributed by atoms with van der Waals surface area (Å²) in [6, 6.07) is 2.16. The molecule has 0 N–H and O–H groups in total. The summed E-state index contributed by atoms with van der Waals surface area (Å²) in [5, 5.41) is -5.59. The standard InChI is InChI=1S/C14H5F9O4S.Na/c15-7-8(16)10(18)12(11(19)9(7)17)26-5-1-3-6(4-2-5)27-13(20,21)14(22,23)28(24)25;/h1-4H,(H,24,25);/q;+1/p-1. The molecule has 0 amide bonds. The van der Waals surface area contributed by atoms with Crippen LogP contribution in [-0.4, -0.2) is 20.1 Å². The number of rotatable bonds is 6. The second-order valence-corrected chi connectivity index (χ2v) is 5.82. The molecule has 1 atom stereocenters. The molecule has 0 saturated carbocycles. The number of halogens is 9. The van der Waals surface area contributed by atoms with E-state index in [0.717, 1.165) is 0 Å². The van der Waals surface area contributed by atoms with E-state index in [1.807, 2.05) is 0 Å². The summed E-state index contributed by atoms with van der Waals surface area (Å²) in [6.07, 6.45) is -5.48. The predicted molar refractivity (Wildman–Crippen MR) is 72.2 cm³/mol. The summed E-state index contributed by atoms with van der Waals surface area (Å²) >= 11 is -4.53. The summed E-state index contributed by atoms with van der Waals surface area (Å²) in [5.74, 6) is -15.1. The Labute approximate surface area is 180 Å². The molecule has 0 saturated heterocycles. The van der Waals surface area contributed by atoms with E-state index in [4.69, 9.17) is 0 Å². The summed E-state index contributed by atoms with van der Waals surface area (Å²) in [5.41, 5.74) is 0. The third-order valence-electron chi connectivity index (χ3n) is 3.01. The molecule has 0 aliphatic carbocycles. The molecule has 1 unspecified atom stereocenters. The largest absolute Gasteiger partial charge is 1.00 e. The van der Waals surface area contributed by atoms with Crippen molar-refractivity contribution in [1.29, 1.82) is 0 Å². The van der Waals surface area contributed by atoms with Crippen molar-refractivity contribution in [3.05, 3.63) is 53.4 Å². The zero-order valence-corrected chi connectivity index (χ0v) is 16.6. The second-order valence-electron chi connectivity index (χ2n) is 4.84. The Kier molecular flexibility index (Phi) is 8.04. The third kappa shape index (κ3) is 4.99. The van der Waals surface area contributed by atoms with Gasteiger partial charge in [-0.1, -0.05) is 0 Å². The first-order valence-corrected chi connectivity index (χ1v) is 7.70. The molecular weight excluding hydrogens is 458 g/mol. The number of hydrogen-bond acceptors (Lipinski definition) is 4. The van der Waals surface area contributed by atoms with Gasteiger partial charge in [0.1, 0.15) is 11.5 Å². The van der Waals surface area contributed by atoms with Gasteiger partial charge in [0.2, 0.25) is 34.8 Å². The Morgan fingerprint density at radius 3 is 1.55 bits per heavy atom. The van der Waals surface area contributed by atoms with Crippen LogP contribution in [0.15, 0.2) is 24.3 Å². The van der Waals surface area contributed by atoms with Gasteiger partial charge in [-0.05, 0) is 24.3 Å². The van der Waals surface area contributed by atoms with Crippen molar-refractivity contribution in [1.82, 2.24) is 0 Å². The van der Waals surface area contributed by atoms with E-state index in [2.05, 4.69) is 9.47 Å². The van der Waals surface area contributed by atoms with Gasteiger partial charge in [0.15, 0.2) is 0 Å². The van der Waals surface area contributed by atoms with Crippen molar-refractivity contribution in [3.63, 3.8) is 0 Å². The fourth-order valence-electron chi connectivity index (χ4n) is 1.67. The zero-order valence-electron chi connectivity index (χ0n) is 13.8. The molecule has 0 aliphatic rings. The Balaban J connectivity index is 0.00000420. The van der Waals surface area contributed by atoms with Gasteiger partial charge in [-0.3, -0.25) is 4.21 Å². The van der Waals surface area contributed by atoms with Crippen molar-refractivity contribution < 1.29 is 87.3 Å². The van der Waals surface area contributed by atoms with E-state index >= 15 is 0 Å². The summed E-state index contributed by atoms with van der Waals surface area (Å²) in [6.45, 7) is 0. The van der Waals surface area contributed by atoms with E-state index in [9.17, 15) is 48.3 Å². The fourth-order valence-corrected chi connectivity index (χ4v) is 1.91. The van der Waals surface area contributed by atoms with Gasteiger partial charge in [-0.2, -0.15) is 26.3 Å².